The van der Waals surface area contributed by atoms with Gasteiger partial charge in [0.15, 0.2) is 0 Å². The van der Waals surface area contributed by atoms with E-state index >= 15 is 0 Å². The van der Waals surface area contributed by atoms with Gasteiger partial charge in [0.05, 0.1) is 11.3 Å². The summed E-state index contributed by atoms with van der Waals surface area (Å²) in [4.78, 5) is 33.5. The Hall–Kier alpha value is -2.44. The molecule has 0 unspecified atom stereocenters. The van der Waals surface area contributed by atoms with E-state index in [1.54, 1.807) is 13.0 Å². The van der Waals surface area contributed by atoms with Gasteiger partial charge in [-0.05, 0) is 24.8 Å². The van der Waals surface area contributed by atoms with E-state index in [9.17, 15) is 19.7 Å². The average molecular weight is 308 g/mol. The second-order valence-corrected chi connectivity index (χ2v) is 5.58. The molecule has 0 aliphatic heterocycles. The van der Waals surface area contributed by atoms with Crippen LogP contribution in [-0.2, 0) is 16.0 Å². The van der Waals surface area contributed by atoms with Gasteiger partial charge in [-0.25, -0.2) is 4.79 Å². The minimum atomic E-state index is -1.09. The van der Waals surface area contributed by atoms with Gasteiger partial charge in [0, 0.05) is 11.6 Å². The number of nitrogens with one attached hydrogen (secondary N) is 1. The molecule has 120 valence electrons. The Kier molecular flexibility index (Phi) is 6.03. The fourth-order valence-corrected chi connectivity index (χ4v) is 2.17. The summed E-state index contributed by atoms with van der Waals surface area (Å²) >= 11 is 0. The van der Waals surface area contributed by atoms with Crippen molar-refractivity contribution >= 4 is 17.6 Å². The molecule has 0 aliphatic carbocycles. The number of hydrogen-bond donors (Lipinski definition) is 2. The lowest BCUT2D eigenvalue weighted by Gasteiger charge is -2.16. The zero-order valence-electron chi connectivity index (χ0n) is 12.8. The van der Waals surface area contributed by atoms with Gasteiger partial charge in [0.2, 0.25) is 5.91 Å². The number of hydrogen-bond acceptors (Lipinski definition) is 4. The summed E-state index contributed by atoms with van der Waals surface area (Å²) in [5.41, 5.74) is 0.876. The Morgan fingerprint density at radius 2 is 2.00 bits per heavy atom. The molecule has 1 amide bonds. The first kappa shape index (κ1) is 17.6. The maximum Gasteiger partial charge on any atom is 0.326 e. The molecule has 1 rings (SSSR count). The van der Waals surface area contributed by atoms with E-state index in [2.05, 4.69) is 5.32 Å². The van der Waals surface area contributed by atoms with Crippen molar-refractivity contribution in [2.75, 3.05) is 0 Å². The predicted molar refractivity (Wildman–Crippen MR) is 80.6 cm³/mol. The minimum Gasteiger partial charge on any atom is -0.480 e. The lowest BCUT2D eigenvalue weighted by molar-refractivity contribution is -0.385. The Bertz CT molecular complexity index is 583. The van der Waals surface area contributed by atoms with E-state index in [0.717, 1.165) is 0 Å². The number of benzene rings is 1. The fourth-order valence-electron chi connectivity index (χ4n) is 2.17. The maximum absolute atomic E-state index is 12.0. The summed E-state index contributed by atoms with van der Waals surface area (Å²) in [6, 6.07) is 3.55. The molecule has 0 bridgehead atoms. The Morgan fingerprint density at radius 3 is 2.50 bits per heavy atom. The highest BCUT2D eigenvalue weighted by atomic mass is 16.6. The van der Waals surface area contributed by atoms with Crippen LogP contribution in [0, 0.1) is 23.0 Å². The van der Waals surface area contributed by atoms with Crippen LogP contribution in [0.25, 0.3) is 0 Å². The zero-order valence-corrected chi connectivity index (χ0v) is 12.8. The first-order valence-electron chi connectivity index (χ1n) is 6.97. The number of carboxylic acid groups (broad SMARTS) is 1. The molecule has 2 N–H and O–H groups in total. The number of rotatable bonds is 7. The highest BCUT2D eigenvalue weighted by Gasteiger charge is 2.22. The summed E-state index contributed by atoms with van der Waals surface area (Å²) in [5, 5.41) is 22.4. The monoisotopic (exact) mass is 308 g/mol. The van der Waals surface area contributed by atoms with Crippen LogP contribution in [0.4, 0.5) is 5.69 Å². The van der Waals surface area contributed by atoms with Gasteiger partial charge in [-0.3, -0.25) is 14.9 Å². The largest absolute Gasteiger partial charge is 0.480 e. The van der Waals surface area contributed by atoms with E-state index in [4.69, 9.17) is 5.11 Å². The number of nitro benzene ring substituents is 1. The number of amides is 1. The van der Waals surface area contributed by atoms with Crippen LogP contribution in [0.5, 0.6) is 0 Å². The predicted octanol–water partition coefficient (Wildman–Crippen LogP) is 2.06. The lowest BCUT2D eigenvalue weighted by atomic mass is 10.0. The topological polar surface area (TPSA) is 110 Å². The fraction of sp³-hybridized carbons (Fsp3) is 0.467. The van der Waals surface area contributed by atoms with E-state index < -0.39 is 22.8 Å². The first-order valence-corrected chi connectivity index (χ1v) is 6.97. The standard InChI is InChI=1S/C15H20N2O5/c1-9(2)7-12(15(19)20)16-14(18)8-11-5-4-6-13(10(11)3)17(21)22/h4-6,9,12H,7-8H2,1-3H3,(H,16,18)(H,19,20)/t12-/m1/s1. The van der Waals surface area contributed by atoms with Crippen LogP contribution in [-0.4, -0.2) is 27.9 Å². The smallest absolute Gasteiger partial charge is 0.326 e. The van der Waals surface area contributed by atoms with Crippen molar-refractivity contribution in [3.63, 3.8) is 0 Å². The van der Waals surface area contributed by atoms with E-state index in [1.807, 2.05) is 13.8 Å². The van der Waals surface area contributed by atoms with E-state index in [-0.39, 0.29) is 18.0 Å². The molecule has 0 radical (unpaired) electrons. The van der Waals surface area contributed by atoms with Crippen molar-refractivity contribution in [1.29, 1.82) is 0 Å². The Balaban J connectivity index is 2.82. The summed E-state index contributed by atoms with van der Waals surface area (Å²) in [5.74, 6) is -1.42. The molecule has 7 heteroatoms. The lowest BCUT2D eigenvalue weighted by Crippen LogP contribution is -2.42. The molecule has 0 saturated heterocycles. The molecular formula is C15H20N2O5. The van der Waals surface area contributed by atoms with Crippen molar-refractivity contribution < 1.29 is 19.6 Å². The van der Waals surface area contributed by atoms with Gasteiger partial charge in [-0.1, -0.05) is 26.0 Å². The molecule has 1 aromatic rings. The third-order valence-corrected chi connectivity index (χ3v) is 3.31. The van der Waals surface area contributed by atoms with Crippen molar-refractivity contribution in [3.8, 4) is 0 Å². The highest BCUT2D eigenvalue weighted by Crippen LogP contribution is 2.21. The number of carbonyl (C=O) groups excluding carboxylic acids is 1. The molecule has 0 aliphatic rings. The second-order valence-electron chi connectivity index (χ2n) is 5.58. The SMILES string of the molecule is Cc1c(CC(=O)N[C@H](CC(C)C)C(=O)O)cccc1[N+](=O)[O-]. The number of carbonyl (C=O) groups is 2. The Morgan fingerprint density at radius 1 is 1.36 bits per heavy atom. The molecule has 0 saturated carbocycles. The van der Waals surface area contributed by atoms with Gasteiger partial charge < -0.3 is 10.4 Å². The molecule has 0 heterocycles. The first-order chi connectivity index (χ1) is 10.2. The molecule has 7 nitrogen and oxygen atoms in total. The number of carboxylic acids is 1. The van der Waals surface area contributed by atoms with Crippen LogP contribution in [0.2, 0.25) is 0 Å². The summed E-state index contributed by atoms with van der Waals surface area (Å²) < 4.78 is 0. The average Bonchev–Trinajstić information content (AvgIpc) is 2.39. The zero-order chi connectivity index (χ0) is 16.9. The number of nitro groups is 1. The quantitative estimate of drug-likeness (QED) is 0.592. The molecular weight excluding hydrogens is 288 g/mol. The molecule has 0 fully saturated rings. The van der Waals surface area contributed by atoms with Crippen molar-refractivity contribution in [1.82, 2.24) is 5.32 Å². The molecule has 1 aromatic carbocycles. The van der Waals surface area contributed by atoms with E-state index in [1.165, 1.54) is 12.1 Å². The van der Waals surface area contributed by atoms with E-state index in [0.29, 0.717) is 17.5 Å². The van der Waals surface area contributed by atoms with Gasteiger partial charge >= 0.3 is 5.97 Å². The highest BCUT2D eigenvalue weighted by molar-refractivity contribution is 5.85. The third-order valence-electron chi connectivity index (χ3n) is 3.31. The molecule has 0 aromatic heterocycles. The summed E-state index contributed by atoms with van der Waals surface area (Å²) in [6.07, 6.45) is 0.240. The van der Waals surface area contributed by atoms with Crippen LogP contribution in [0.3, 0.4) is 0 Å². The third kappa shape index (κ3) is 4.83. The van der Waals surface area contributed by atoms with Gasteiger partial charge in [0.25, 0.3) is 5.69 Å². The van der Waals surface area contributed by atoms with Crippen LogP contribution in [0.15, 0.2) is 18.2 Å². The van der Waals surface area contributed by atoms with Crippen molar-refractivity contribution in [2.24, 2.45) is 5.92 Å². The summed E-state index contributed by atoms with van der Waals surface area (Å²) in [6.45, 7) is 5.31. The normalized spacial score (nSPS) is 12.0. The van der Waals surface area contributed by atoms with Gasteiger partial charge in [-0.15, -0.1) is 0 Å². The molecule has 1 atom stereocenters. The molecule has 0 spiro atoms. The number of aliphatic carboxylic acids is 1. The van der Waals surface area contributed by atoms with Gasteiger partial charge in [0.1, 0.15) is 6.04 Å². The van der Waals surface area contributed by atoms with Crippen LogP contribution >= 0.6 is 0 Å². The van der Waals surface area contributed by atoms with Crippen LogP contribution in [0.1, 0.15) is 31.4 Å². The maximum atomic E-state index is 12.0. The van der Waals surface area contributed by atoms with Crippen LogP contribution < -0.4 is 5.32 Å². The minimum absolute atomic E-state index is 0.0535. The van der Waals surface area contributed by atoms with Gasteiger partial charge in [-0.2, -0.15) is 0 Å². The Labute approximate surface area is 128 Å². The molecule has 22 heavy (non-hydrogen) atoms. The van der Waals surface area contributed by atoms with Crippen molar-refractivity contribution in [2.45, 2.75) is 39.7 Å². The number of nitrogens with zero attached hydrogens (tertiary/aromatic N) is 1. The van der Waals surface area contributed by atoms with Crippen molar-refractivity contribution in [3.05, 3.63) is 39.4 Å². The second kappa shape index (κ2) is 7.53. The summed E-state index contributed by atoms with van der Waals surface area (Å²) in [7, 11) is 0.